The Morgan fingerprint density at radius 2 is 1.67 bits per heavy atom. The number of carbonyl (C=O) groups is 3. The lowest BCUT2D eigenvalue weighted by atomic mass is 10.1. The Morgan fingerprint density at radius 1 is 1.19 bits per heavy atom. The Labute approximate surface area is 145 Å². The van der Waals surface area contributed by atoms with Crippen LogP contribution < -0.4 is 0 Å². The number of hydrogen-bond acceptors (Lipinski definition) is 6. The van der Waals surface area contributed by atoms with Gasteiger partial charge in [-0.05, 0) is 6.92 Å². The van der Waals surface area contributed by atoms with Gasteiger partial charge < -0.3 is 14.2 Å². The number of halogens is 8. The van der Waals surface area contributed by atoms with Crippen LogP contribution >= 0.6 is 0 Å². The number of hydrogen-bond donors (Lipinski definition) is 0. The van der Waals surface area contributed by atoms with E-state index in [4.69, 9.17) is 0 Å². The van der Waals surface area contributed by atoms with Gasteiger partial charge in [0.15, 0.2) is 6.10 Å². The van der Waals surface area contributed by atoms with Crippen LogP contribution in [-0.4, -0.2) is 54.5 Å². The van der Waals surface area contributed by atoms with Crippen molar-refractivity contribution in [3.8, 4) is 0 Å². The van der Waals surface area contributed by atoms with Crippen molar-refractivity contribution >= 4 is 17.9 Å². The Bertz CT molecular complexity index is 624. The molecular formula is C13H10F8O6. The van der Waals surface area contributed by atoms with Gasteiger partial charge in [-0.3, -0.25) is 4.79 Å². The molecule has 1 rings (SSSR count). The molecule has 0 saturated carbocycles. The van der Waals surface area contributed by atoms with Crippen molar-refractivity contribution in [2.45, 2.75) is 49.9 Å². The number of ether oxygens (including phenoxy) is 3. The summed E-state index contributed by atoms with van der Waals surface area (Å²) in [6.07, 6.45) is -23.4. The third-order valence-corrected chi connectivity index (χ3v) is 3.02. The molecule has 0 aromatic carbocycles. The van der Waals surface area contributed by atoms with Gasteiger partial charge in [-0.1, -0.05) is 6.58 Å². The fourth-order valence-corrected chi connectivity index (χ4v) is 1.81. The molecular weight excluding hydrogens is 404 g/mol. The summed E-state index contributed by atoms with van der Waals surface area (Å²) in [5, 5.41) is 0. The van der Waals surface area contributed by atoms with Crippen molar-refractivity contribution in [3.05, 3.63) is 12.2 Å². The van der Waals surface area contributed by atoms with Crippen LogP contribution in [0.15, 0.2) is 12.2 Å². The molecule has 6 nitrogen and oxygen atoms in total. The first-order valence-electron chi connectivity index (χ1n) is 6.76. The van der Waals surface area contributed by atoms with Crippen molar-refractivity contribution in [2.75, 3.05) is 0 Å². The van der Waals surface area contributed by atoms with Gasteiger partial charge in [-0.2, -0.15) is 35.1 Å². The van der Waals surface area contributed by atoms with E-state index in [1.54, 1.807) is 0 Å². The molecule has 0 radical (unpaired) electrons. The number of cyclic esters (lactones) is 1. The second kappa shape index (κ2) is 7.31. The van der Waals surface area contributed by atoms with E-state index in [0.29, 0.717) is 0 Å². The van der Waals surface area contributed by atoms with E-state index in [2.05, 4.69) is 20.8 Å². The monoisotopic (exact) mass is 414 g/mol. The van der Waals surface area contributed by atoms with E-state index in [1.807, 2.05) is 0 Å². The van der Waals surface area contributed by atoms with Crippen molar-refractivity contribution in [3.63, 3.8) is 0 Å². The number of carbonyl (C=O) groups excluding carboxylic acids is 3. The molecule has 14 heteroatoms. The summed E-state index contributed by atoms with van der Waals surface area (Å²) >= 11 is 0. The molecule has 0 aromatic rings. The first kappa shape index (κ1) is 22.6. The van der Waals surface area contributed by atoms with E-state index >= 15 is 0 Å². The van der Waals surface area contributed by atoms with Gasteiger partial charge in [0.1, 0.15) is 0 Å². The van der Waals surface area contributed by atoms with E-state index in [1.165, 1.54) is 0 Å². The molecule has 1 aliphatic rings. The largest absolute Gasteiger partial charge is 0.453 e. The highest BCUT2D eigenvalue weighted by Crippen LogP contribution is 2.38. The molecule has 1 fully saturated rings. The highest BCUT2D eigenvalue weighted by molar-refractivity contribution is 5.89. The van der Waals surface area contributed by atoms with Gasteiger partial charge in [-0.15, -0.1) is 0 Å². The summed E-state index contributed by atoms with van der Waals surface area (Å²) in [4.78, 5) is 33.8. The zero-order chi connectivity index (χ0) is 21.4. The van der Waals surface area contributed by atoms with Gasteiger partial charge in [0.2, 0.25) is 6.10 Å². The van der Waals surface area contributed by atoms with E-state index < -0.39 is 66.5 Å². The van der Waals surface area contributed by atoms with Crippen LogP contribution in [0.1, 0.15) is 13.3 Å². The van der Waals surface area contributed by atoms with Gasteiger partial charge >= 0.3 is 36.2 Å². The minimum atomic E-state index is -6.03. The molecule has 0 aliphatic carbocycles. The zero-order valence-corrected chi connectivity index (χ0v) is 13.1. The molecule has 1 saturated heterocycles. The summed E-state index contributed by atoms with van der Waals surface area (Å²) in [6.45, 7) is 4.08. The van der Waals surface area contributed by atoms with Crippen LogP contribution in [0.5, 0.6) is 0 Å². The molecule has 0 aromatic heterocycles. The second-order valence-electron chi connectivity index (χ2n) is 5.33. The Kier molecular flexibility index (Phi) is 6.12. The van der Waals surface area contributed by atoms with Crippen LogP contribution in [0.4, 0.5) is 35.1 Å². The van der Waals surface area contributed by atoms with Gasteiger partial charge in [-0.25, -0.2) is 9.59 Å². The summed E-state index contributed by atoms with van der Waals surface area (Å²) in [7, 11) is 0. The molecule has 0 N–H and O–H groups in total. The average Bonchev–Trinajstić information content (AvgIpc) is 2.65. The topological polar surface area (TPSA) is 78.9 Å². The average molecular weight is 414 g/mol. The van der Waals surface area contributed by atoms with Crippen LogP contribution in [0.2, 0.25) is 0 Å². The van der Waals surface area contributed by atoms with E-state index in [0.717, 1.165) is 6.92 Å². The maximum Gasteiger partial charge on any atom is 0.434 e. The maximum absolute atomic E-state index is 13.7. The predicted molar refractivity (Wildman–Crippen MR) is 66.1 cm³/mol. The van der Waals surface area contributed by atoms with Gasteiger partial charge in [0.05, 0.1) is 6.42 Å². The Balaban J connectivity index is 2.97. The third kappa shape index (κ3) is 5.29. The first-order chi connectivity index (χ1) is 12.0. The quantitative estimate of drug-likeness (QED) is 0.298. The smallest absolute Gasteiger partial charge is 0.434 e. The normalized spacial score (nSPS) is 22.4. The lowest BCUT2D eigenvalue weighted by molar-refractivity contribution is -0.313. The van der Waals surface area contributed by atoms with Crippen LogP contribution in [0, 0.1) is 0 Å². The van der Waals surface area contributed by atoms with Crippen LogP contribution in [0.25, 0.3) is 0 Å². The second-order valence-corrected chi connectivity index (χ2v) is 5.33. The molecule has 1 heterocycles. The van der Waals surface area contributed by atoms with Gasteiger partial charge in [0, 0.05) is 5.57 Å². The van der Waals surface area contributed by atoms with E-state index in [9.17, 15) is 49.5 Å². The number of rotatable bonds is 5. The van der Waals surface area contributed by atoms with Gasteiger partial charge in [0.25, 0.3) is 6.10 Å². The van der Waals surface area contributed by atoms with Crippen molar-refractivity contribution < 1.29 is 63.7 Å². The minimum Gasteiger partial charge on any atom is -0.453 e. The SMILES string of the molecule is C=C(C)C(=O)OC1C(CC(=O)OC(C(F)(F)F)C(F)(F)F)OC(=O)C1(F)F. The van der Waals surface area contributed by atoms with Crippen molar-refractivity contribution in [1.29, 1.82) is 0 Å². The Morgan fingerprint density at radius 3 is 2.07 bits per heavy atom. The molecule has 0 amide bonds. The highest BCUT2D eigenvalue weighted by atomic mass is 19.4. The fourth-order valence-electron chi connectivity index (χ4n) is 1.81. The number of alkyl halides is 8. The van der Waals surface area contributed by atoms with Crippen LogP contribution in [0.3, 0.4) is 0 Å². The van der Waals surface area contributed by atoms with Crippen LogP contribution in [-0.2, 0) is 28.6 Å². The summed E-state index contributed by atoms with van der Waals surface area (Å²) in [5.41, 5.74) is -0.416. The standard InChI is InChI=1S/C13H10F8O6/c1-4(2)8(23)27-7-5(25-10(24)11(7,14)15)3-6(22)26-9(12(16,17)18)13(19,20)21/h5,7,9H,1,3H2,2H3. The fraction of sp³-hybridized carbons (Fsp3) is 0.615. The van der Waals surface area contributed by atoms with E-state index in [-0.39, 0.29) is 0 Å². The molecule has 0 bridgehead atoms. The third-order valence-electron chi connectivity index (χ3n) is 3.02. The summed E-state index contributed by atoms with van der Waals surface area (Å²) in [5.74, 6) is -10.5. The molecule has 154 valence electrons. The summed E-state index contributed by atoms with van der Waals surface area (Å²) < 4.78 is 113. The lowest BCUT2D eigenvalue weighted by Crippen LogP contribution is -2.47. The Hall–Kier alpha value is -2.41. The molecule has 2 atom stereocenters. The molecule has 27 heavy (non-hydrogen) atoms. The van der Waals surface area contributed by atoms with Crippen molar-refractivity contribution in [2.24, 2.45) is 0 Å². The lowest BCUT2D eigenvalue weighted by Gasteiger charge is -2.24. The molecule has 1 aliphatic heterocycles. The molecule has 2 unspecified atom stereocenters. The molecule has 0 spiro atoms. The summed E-state index contributed by atoms with van der Waals surface area (Å²) in [6, 6.07) is 0. The number of esters is 3. The minimum absolute atomic E-state index is 0.416. The maximum atomic E-state index is 13.7. The highest BCUT2D eigenvalue weighted by Gasteiger charge is 2.64. The zero-order valence-electron chi connectivity index (χ0n) is 13.1. The predicted octanol–water partition coefficient (Wildman–Crippen LogP) is 2.46. The first-order valence-corrected chi connectivity index (χ1v) is 6.76. The van der Waals surface area contributed by atoms with Crippen molar-refractivity contribution in [1.82, 2.24) is 0 Å².